The summed E-state index contributed by atoms with van der Waals surface area (Å²) in [5.41, 5.74) is 0.250. The summed E-state index contributed by atoms with van der Waals surface area (Å²) in [7, 11) is 0. The van der Waals surface area contributed by atoms with Crippen LogP contribution >= 0.6 is 0 Å². The molecule has 0 heterocycles. The van der Waals surface area contributed by atoms with E-state index in [0.29, 0.717) is 12.6 Å². The van der Waals surface area contributed by atoms with E-state index in [-0.39, 0.29) is 6.61 Å². The van der Waals surface area contributed by atoms with Crippen LogP contribution < -0.4 is 5.32 Å². The van der Waals surface area contributed by atoms with Gasteiger partial charge in [-0.05, 0) is 25.3 Å². The van der Waals surface area contributed by atoms with Crippen molar-refractivity contribution in [2.75, 3.05) is 13.2 Å². The van der Waals surface area contributed by atoms with Crippen molar-refractivity contribution in [1.29, 1.82) is 0 Å². The molecule has 0 aliphatic carbocycles. The second-order valence-electron chi connectivity index (χ2n) is 4.83. The van der Waals surface area contributed by atoms with E-state index in [9.17, 15) is 5.11 Å². The Morgan fingerprint density at radius 2 is 1.94 bits per heavy atom. The minimum atomic E-state index is -1.04. The lowest BCUT2D eigenvalue weighted by molar-refractivity contribution is 0.000658. The number of rotatable bonds is 7. The smallest absolute Gasteiger partial charge is 0.0972 e. The van der Waals surface area contributed by atoms with Crippen LogP contribution in [0, 0.1) is 0 Å². The van der Waals surface area contributed by atoms with Gasteiger partial charge in [0.2, 0.25) is 0 Å². The first-order valence-corrected chi connectivity index (χ1v) is 6.18. The standard InChI is InChI=1S/C14H23NO2/c1-3-13(15-10-14(2,17)11-16)9-12-7-5-4-6-8-12/h4-8,13,15-17H,3,9-11H2,1-2H3. The van der Waals surface area contributed by atoms with Crippen LogP contribution in [0.4, 0.5) is 0 Å². The van der Waals surface area contributed by atoms with Crippen LogP contribution in [0.3, 0.4) is 0 Å². The van der Waals surface area contributed by atoms with E-state index in [0.717, 1.165) is 12.8 Å². The summed E-state index contributed by atoms with van der Waals surface area (Å²) < 4.78 is 0. The summed E-state index contributed by atoms with van der Waals surface area (Å²) in [4.78, 5) is 0. The SMILES string of the molecule is CCC(Cc1ccccc1)NCC(C)(O)CO. The van der Waals surface area contributed by atoms with Gasteiger partial charge in [0.1, 0.15) is 0 Å². The summed E-state index contributed by atoms with van der Waals surface area (Å²) in [6.45, 7) is 3.94. The van der Waals surface area contributed by atoms with Gasteiger partial charge in [-0.1, -0.05) is 37.3 Å². The van der Waals surface area contributed by atoms with Gasteiger partial charge in [0.15, 0.2) is 0 Å². The van der Waals surface area contributed by atoms with Crippen LogP contribution in [0.2, 0.25) is 0 Å². The molecule has 1 rings (SSSR count). The number of benzene rings is 1. The van der Waals surface area contributed by atoms with Gasteiger partial charge in [-0.15, -0.1) is 0 Å². The summed E-state index contributed by atoms with van der Waals surface area (Å²) >= 11 is 0. The quantitative estimate of drug-likeness (QED) is 0.671. The van der Waals surface area contributed by atoms with Crippen molar-refractivity contribution in [3.8, 4) is 0 Å². The normalized spacial score (nSPS) is 16.5. The second kappa shape index (κ2) is 6.74. The Morgan fingerprint density at radius 1 is 1.29 bits per heavy atom. The average Bonchev–Trinajstić information content (AvgIpc) is 2.35. The molecule has 2 atom stereocenters. The van der Waals surface area contributed by atoms with Gasteiger partial charge in [-0.2, -0.15) is 0 Å². The summed E-state index contributed by atoms with van der Waals surface area (Å²) in [5, 5.41) is 22.0. The molecule has 3 N–H and O–H groups in total. The van der Waals surface area contributed by atoms with Crippen LogP contribution in [-0.2, 0) is 6.42 Å². The van der Waals surface area contributed by atoms with E-state index in [1.54, 1.807) is 6.92 Å². The predicted octanol–water partition coefficient (Wildman–Crippen LogP) is 1.34. The van der Waals surface area contributed by atoms with E-state index in [1.807, 2.05) is 18.2 Å². The Bertz CT molecular complexity index is 311. The first-order chi connectivity index (χ1) is 8.07. The Morgan fingerprint density at radius 3 is 2.47 bits per heavy atom. The molecular weight excluding hydrogens is 214 g/mol. The Balaban J connectivity index is 2.44. The fraction of sp³-hybridized carbons (Fsp3) is 0.571. The average molecular weight is 237 g/mol. The summed E-state index contributed by atoms with van der Waals surface area (Å²) in [5.74, 6) is 0. The van der Waals surface area contributed by atoms with E-state index >= 15 is 0 Å². The molecule has 3 heteroatoms. The predicted molar refractivity (Wildman–Crippen MR) is 69.9 cm³/mol. The second-order valence-corrected chi connectivity index (χ2v) is 4.83. The first-order valence-electron chi connectivity index (χ1n) is 6.18. The molecule has 96 valence electrons. The molecule has 0 radical (unpaired) electrons. The molecule has 0 aromatic heterocycles. The van der Waals surface area contributed by atoms with Crippen molar-refractivity contribution < 1.29 is 10.2 Å². The maximum absolute atomic E-state index is 9.72. The van der Waals surface area contributed by atoms with Crippen molar-refractivity contribution in [1.82, 2.24) is 5.32 Å². The lowest BCUT2D eigenvalue weighted by Gasteiger charge is -2.25. The number of aliphatic hydroxyl groups excluding tert-OH is 1. The maximum atomic E-state index is 9.72. The van der Waals surface area contributed by atoms with Gasteiger partial charge < -0.3 is 15.5 Å². The molecule has 0 aliphatic heterocycles. The third-order valence-electron chi connectivity index (χ3n) is 2.93. The van der Waals surface area contributed by atoms with Crippen molar-refractivity contribution >= 4 is 0 Å². The number of hydrogen-bond donors (Lipinski definition) is 3. The van der Waals surface area contributed by atoms with E-state index in [4.69, 9.17) is 5.11 Å². The monoisotopic (exact) mass is 237 g/mol. The van der Waals surface area contributed by atoms with Gasteiger partial charge in [0.05, 0.1) is 12.2 Å². The third-order valence-corrected chi connectivity index (χ3v) is 2.93. The van der Waals surface area contributed by atoms with Crippen LogP contribution in [0.25, 0.3) is 0 Å². The fourth-order valence-electron chi connectivity index (χ4n) is 1.68. The zero-order valence-corrected chi connectivity index (χ0v) is 10.7. The summed E-state index contributed by atoms with van der Waals surface area (Å²) in [6, 6.07) is 10.6. The maximum Gasteiger partial charge on any atom is 0.0972 e. The molecule has 1 aromatic carbocycles. The first kappa shape index (κ1) is 14.2. The summed E-state index contributed by atoms with van der Waals surface area (Å²) in [6.07, 6.45) is 1.94. The van der Waals surface area contributed by atoms with E-state index in [1.165, 1.54) is 5.56 Å². The molecule has 0 fully saturated rings. The third kappa shape index (κ3) is 5.31. The molecule has 3 nitrogen and oxygen atoms in total. The molecule has 2 unspecified atom stereocenters. The van der Waals surface area contributed by atoms with Crippen LogP contribution in [0.1, 0.15) is 25.8 Å². The lowest BCUT2D eigenvalue weighted by Crippen LogP contribution is -2.45. The van der Waals surface area contributed by atoms with Gasteiger partial charge in [-0.3, -0.25) is 0 Å². The molecule has 1 aromatic rings. The highest BCUT2D eigenvalue weighted by Gasteiger charge is 2.20. The Labute approximate surface area is 103 Å². The highest BCUT2D eigenvalue weighted by Crippen LogP contribution is 2.07. The Hall–Kier alpha value is -0.900. The molecule has 0 aliphatic rings. The van der Waals surface area contributed by atoms with Crippen LogP contribution in [-0.4, -0.2) is 35.0 Å². The fourth-order valence-corrected chi connectivity index (χ4v) is 1.68. The largest absolute Gasteiger partial charge is 0.393 e. The molecule has 0 saturated heterocycles. The number of hydrogen-bond acceptors (Lipinski definition) is 3. The molecular formula is C14H23NO2. The number of nitrogens with one attached hydrogen (secondary N) is 1. The molecule has 0 bridgehead atoms. The topological polar surface area (TPSA) is 52.5 Å². The van der Waals surface area contributed by atoms with Gasteiger partial charge >= 0.3 is 0 Å². The van der Waals surface area contributed by atoms with Gasteiger partial charge in [0, 0.05) is 12.6 Å². The Kier molecular flexibility index (Phi) is 5.62. The lowest BCUT2D eigenvalue weighted by atomic mass is 10.0. The molecule has 0 saturated carbocycles. The highest BCUT2D eigenvalue weighted by molar-refractivity contribution is 5.15. The molecule has 0 amide bonds. The van der Waals surface area contributed by atoms with Crippen LogP contribution in [0.5, 0.6) is 0 Å². The van der Waals surface area contributed by atoms with Crippen molar-refractivity contribution in [3.63, 3.8) is 0 Å². The number of aliphatic hydroxyl groups is 2. The zero-order chi connectivity index (χ0) is 12.7. The van der Waals surface area contributed by atoms with Gasteiger partial charge in [-0.25, -0.2) is 0 Å². The van der Waals surface area contributed by atoms with Gasteiger partial charge in [0.25, 0.3) is 0 Å². The minimum absolute atomic E-state index is 0.220. The zero-order valence-electron chi connectivity index (χ0n) is 10.7. The van der Waals surface area contributed by atoms with E-state index in [2.05, 4.69) is 24.4 Å². The van der Waals surface area contributed by atoms with E-state index < -0.39 is 5.60 Å². The highest BCUT2D eigenvalue weighted by atomic mass is 16.3. The minimum Gasteiger partial charge on any atom is -0.393 e. The van der Waals surface area contributed by atoms with Crippen molar-refractivity contribution in [3.05, 3.63) is 35.9 Å². The van der Waals surface area contributed by atoms with Crippen LogP contribution in [0.15, 0.2) is 30.3 Å². The molecule has 0 spiro atoms. The van der Waals surface area contributed by atoms with Crippen molar-refractivity contribution in [2.24, 2.45) is 0 Å². The molecule has 17 heavy (non-hydrogen) atoms. The van der Waals surface area contributed by atoms with Crippen molar-refractivity contribution in [2.45, 2.75) is 38.3 Å².